The predicted octanol–water partition coefficient (Wildman–Crippen LogP) is 2.63. The van der Waals surface area contributed by atoms with Crippen LogP contribution in [0, 0.1) is 11.6 Å². The second-order valence-electron chi connectivity index (χ2n) is 8.48. The molecular weight excluding hydrogens is 467 g/mol. The number of halogens is 5. The molecule has 34 heavy (non-hydrogen) atoms. The van der Waals surface area contributed by atoms with Crippen LogP contribution >= 0.6 is 0 Å². The standard InChI is InChI=1S/C21H21F5N4O4/c1-8-9(2)29(6-5-28-8)17-13(22)15(27)12-16(14(17)23)30(10-3-4-10)7-11(18(12)31)19(32)34-20(33)21(24,25)26/h7-10,28H,3-6,27H2,1-2H3. The Morgan fingerprint density at radius 3 is 2.41 bits per heavy atom. The van der Waals surface area contributed by atoms with Gasteiger partial charge in [-0.25, -0.2) is 18.4 Å². The molecule has 2 aromatic rings. The number of anilines is 2. The minimum atomic E-state index is -5.48. The smallest absolute Gasteiger partial charge is 0.396 e. The van der Waals surface area contributed by atoms with Crippen molar-refractivity contribution in [1.82, 2.24) is 9.88 Å². The Hall–Kier alpha value is -3.22. The highest BCUT2D eigenvalue weighted by atomic mass is 19.4. The molecule has 1 aromatic heterocycles. The van der Waals surface area contributed by atoms with Gasteiger partial charge in [0.2, 0.25) is 5.43 Å². The van der Waals surface area contributed by atoms with Gasteiger partial charge in [0.1, 0.15) is 11.3 Å². The highest BCUT2D eigenvalue weighted by Crippen LogP contribution is 2.42. The van der Waals surface area contributed by atoms with Crippen LogP contribution in [0.25, 0.3) is 10.9 Å². The summed E-state index contributed by atoms with van der Waals surface area (Å²) in [6.07, 6.45) is -3.62. The van der Waals surface area contributed by atoms with Gasteiger partial charge >= 0.3 is 18.1 Å². The lowest BCUT2D eigenvalue weighted by Crippen LogP contribution is -2.56. The number of rotatable bonds is 3. The van der Waals surface area contributed by atoms with Gasteiger partial charge in [0.15, 0.2) is 11.6 Å². The van der Waals surface area contributed by atoms with E-state index in [4.69, 9.17) is 5.73 Å². The van der Waals surface area contributed by atoms with Crippen molar-refractivity contribution in [3.63, 3.8) is 0 Å². The van der Waals surface area contributed by atoms with Gasteiger partial charge in [0.05, 0.1) is 16.6 Å². The zero-order chi connectivity index (χ0) is 25.1. The first kappa shape index (κ1) is 23.9. The van der Waals surface area contributed by atoms with Crippen LogP contribution in [0.5, 0.6) is 0 Å². The molecular formula is C21H21F5N4O4. The summed E-state index contributed by atoms with van der Waals surface area (Å²) in [6.45, 7) is 4.30. The zero-order valence-electron chi connectivity index (χ0n) is 18.1. The summed E-state index contributed by atoms with van der Waals surface area (Å²) in [4.78, 5) is 37.8. The monoisotopic (exact) mass is 488 g/mol. The lowest BCUT2D eigenvalue weighted by Gasteiger charge is -2.40. The van der Waals surface area contributed by atoms with Gasteiger partial charge in [-0.15, -0.1) is 0 Å². The van der Waals surface area contributed by atoms with Gasteiger partial charge in [-0.2, -0.15) is 13.2 Å². The first-order valence-corrected chi connectivity index (χ1v) is 10.5. The number of nitrogen functional groups attached to an aromatic ring is 1. The normalized spacial score (nSPS) is 21.1. The van der Waals surface area contributed by atoms with E-state index in [0.717, 1.165) is 6.20 Å². The fourth-order valence-electron chi connectivity index (χ4n) is 4.16. The van der Waals surface area contributed by atoms with Crippen molar-refractivity contribution in [2.24, 2.45) is 0 Å². The first-order valence-electron chi connectivity index (χ1n) is 10.5. The molecule has 3 N–H and O–H groups in total. The molecule has 4 rings (SSSR count). The van der Waals surface area contributed by atoms with Gasteiger partial charge in [-0.1, -0.05) is 0 Å². The van der Waals surface area contributed by atoms with Gasteiger partial charge in [-0.05, 0) is 26.7 Å². The number of aromatic nitrogens is 1. The third kappa shape index (κ3) is 3.87. The second kappa shape index (κ2) is 8.22. The van der Waals surface area contributed by atoms with Gasteiger partial charge < -0.3 is 25.3 Å². The summed E-state index contributed by atoms with van der Waals surface area (Å²) in [6, 6.07) is -0.851. The maximum Gasteiger partial charge on any atom is 0.491 e. The van der Waals surface area contributed by atoms with E-state index in [1.54, 1.807) is 6.92 Å². The van der Waals surface area contributed by atoms with E-state index in [9.17, 15) is 27.6 Å². The summed E-state index contributed by atoms with van der Waals surface area (Å²) in [5, 5.41) is 2.49. The maximum atomic E-state index is 15.9. The number of esters is 2. The molecule has 13 heteroatoms. The number of nitrogens with one attached hydrogen (secondary N) is 1. The van der Waals surface area contributed by atoms with Crippen molar-refractivity contribution >= 4 is 34.2 Å². The van der Waals surface area contributed by atoms with E-state index in [2.05, 4.69) is 10.1 Å². The number of alkyl halides is 3. The first-order chi connectivity index (χ1) is 15.8. The predicted molar refractivity (Wildman–Crippen MR) is 112 cm³/mol. The average Bonchev–Trinajstić information content (AvgIpc) is 3.59. The molecule has 0 amide bonds. The Bertz CT molecular complexity index is 1250. The molecule has 2 atom stereocenters. The van der Waals surface area contributed by atoms with Gasteiger partial charge in [0, 0.05) is 37.4 Å². The molecule has 1 aliphatic carbocycles. The van der Waals surface area contributed by atoms with Crippen LogP contribution < -0.4 is 21.4 Å². The lowest BCUT2D eigenvalue weighted by molar-refractivity contribution is -0.193. The van der Waals surface area contributed by atoms with E-state index in [1.165, 1.54) is 9.47 Å². The van der Waals surface area contributed by atoms with Crippen LogP contribution in [0.3, 0.4) is 0 Å². The van der Waals surface area contributed by atoms with Crippen LogP contribution in [0.4, 0.5) is 33.3 Å². The zero-order valence-corrected chi connectivity index (χ0v) is 18.1. The number of piperazine rings is 1. The van der Waals surface area contributed by atoms with Crippen molar-refractivity contribution in [2.45, 2.75) is 51.0 Å². The van der Waals surface area contributed by atoms with E-state index < -0.39 is 63.5 Å². The summed E-state index contributed by atoms with van der Waals surface area (Å²) >= 11 is 0. The van der Waals surface area contributed by atoms with Crippen LogP contribution in [0.15, 0.2) is 11.0 Å². The number of ether oxygens (including phenoxy) is 1. The number of fused-ring (bicyclic) bond motifs is 1. The molecule has 2 unspecified atom stereocenters. The van der Waals surface area contributed by atoms with Crippen LogP contribution in [0.1, 0.15) is 43.1 Å². The number of carbonyl (C=O) groups excluding carboxylic acids is 2. The van der Waals surface area contributed by atoms with Gasteiger partial charge in [-0.3, -0.25) is 4.79 Å². The molecule has 1 saturated carbocycles. The molecule has 8 nitrogen and oxygen atoms in total. The highest BCUT2D eigenvalue weighted by molar-refractivity contribution is 6.03. The Kier molecular flexibility index (Phi) is 5.78. The van der Waals surface area contributed by atoms with Crippen molar-refractivity contribution < 1.29 is 36.3 Å². The molecule has 2 heterocycles. The van der Waals surface area contributed by atoms with Crippen LogP contribution in [-0.2, 0) is 9.53 Å². The van der Waals surface area contributed by atoms with Crippen LogP contribution in [-0.4, -0.2) is 47.9 Å². The summed E-state index contributed by atoms with van der Waals surface area (Å²) in [5.41, 5.74) is 2.04. The van der Waals surface area contributed by atoms with E-state index in [1.807, 2.05) is 6.92 Å². The molecule has 0 spiro atoms. The molecule has 1 aromatic carbocycles. The summed E-state index contributed by atoms with van der Waals surface area (Å²) in [5.74, 6) is -7.00. The third-order valence-electron chi connectivity index (χ3n) is 6.26. The minimum Gasteiger partial charge on any atom is -0.396 e. The topological polar surface area (TPSA) is 107 Å². The van der Waals surface area contributed by atoms with Crippen LogP contribution in [0.2, 0.25) is 0 Å². The molecule has 2 aliphatic rings. The Labute approximate surface area is 189 Å². The SMILES string of the molecule is CC1NCCN(c2c(F)c(N)c3c(=O)c(C(=O)OC(=O)C(F)(F)F)cn(C4CC4)c3c2F)C1C. The number of benzene rings is 1. The number of nitrogens with zero attached hydrogens (tertiary/aromatic N) is 2. The number of carbonyl (C=O) groups is 2. The molecule has 1 aliphatic heterocycles. The Balaban J connectivity index is 1.94. The third-order valence-corrected chi connectivity index (χ3v) is 6.26. The van der Waals surface area contributed by atoms with Crippen molar-refractivity contribution in [3.05, 3.63) is 33.6 Å². The molecule has 0 bridgehead atoms. The fourth-order valence-corrected chi connectivity index (χ4v) is 4.16. The quantitative estimate of drug-likeness (QED) is 0.296. The second-order valence-corrected chi connectivity index (χ2v) is 8.48. The molecule has 2 fully saturated rings. The average molecular weight is 488 g/mol. The number of nitrogens with two attached hydrogens (primary N) is 1. The maximum absolute atomic E-state index is 15.9. The van der Waals surface area contributed by atoms with E-state index >= 15 is 8.78 Å². The summed E-state index contributed by atoms with van der Waals surface area (Å²) in [7, 11) is 0. The van der Waals surface area contributed by atoms with Crippen molar-refractivity contribution in [2.75, 3.05) is 23.7 Å². The highest BCUT2D eigenvalue weighted by Gasteiger charge is 2.43. The molecule has 1 saturated heterocycles. The van der Waals surface area contributed by atoms with Gasteiger partial charge in [0.25, 0.3) is 0 Å². The largest absolute Gasteiger partial charge is 0.491 e. The fraction of sp³-hybridized carbons (Fsp3) is 0.476. The number of hydrogen-bond acceptors (Lipinski definition) is 7. The van der Waals surface area contributed by atoms with Crippen molar-refractivity contribution in [3.8, 4) is 0 Å². The number of hydrogen-bond donors (Lipinski definition) is 2. The van der Waals surface area contributed by atoms with Crippen molar-refractivity contribution in [1.29, 1.82) is 0 Å². The number of pyridine rings is 1. The summed E-state index contributed by atoms with van der Waals surface area (Å²) < 4.78 is 73.8. The Morgan fingerprint density at radius 2 is 1.82 bits per heavy atom. The molecule has 0 radical (unpaired) electrons. The lowest BCUT2D eigenvalue weighted by atomic mass is 10.0. The Morgan fingerprint density at radius 1 is 1.18 bits per heavy atom. The molecule has 184 valence electrons. The minimum absolute atomic E-state index is 0.113. The van der Waals surface area contributed by atoms with E-state index in [0.29, 0.717) is 19.4 Å². The van der Waals surface area contributed by atoms with E-state index in [-0.39, 0.29) is 24.1 Å².